The second kappa shape index (κ2) is 16.1. The first kappa shape index (κ1) is 32.2. The molecule has 0 radical (unpaired) electrons. The van der Waals surface area contributed by atoms with Crippen LogP contribution in [0.25, 0.3) is 0 Å². The summed E-state index contributed by atoms with van der Waals surface area (Å²) in [4.78, 5) is 12.3. The van der Waals surface area contributed by atoms with E-state index in [1.165, 1.54) is 4.68 Å². The van der Waals surface area contributed by atoms with Gasteiger partial charge in [-0.25, -0.2) is 4.68 Å². The van der Waals surface area contributed by atoms with Crippen LogP contribution in [0, 0.1) is 11.8 Å². The molecule has 0 aliphatic heterocycles. The van der Waals surface area contributed by atoms with Gasteiger partial charge in [0.1, 0.15) is 19.5 Å². The standard InChI is InChI=1S/C26H35Cl2N2O7P/c1-6-34-24(31)17-30-26(35-12-10-9-11-33-18-38(32,36-7-2)37-8-3)23(25(29-30)19(4)5)15-20-13-21(27)16-22(28)14-20/h13-14,16,19H,6-8,11-12,15,17-18H2,1-5H3. The number of carbonyl (C=O) groups is 1. The summed E-state index contributed by atoms with van der Waals surface area (Å²) in [5.74, 6) is 5.72. The monoisotopic (exact) mass is 588 g/mol. The number of rotatable bonds is 15. The van der Waals surface area contributed by atoms with Crippen molar-refractivity contribution >= 4 is 36.8 Å². The van der Waals surface area contributed by atoms with Gasteiger partial charge >= 0.3 is 13.6 Å². The Hall–Kier alpha value is -2.05. The van der Waals surface area contributed by atoms with E-state index in [1.807, 2.05) is 26.0 Å². The molecule has 2 rings (SSSR count). The topological polar surface area (TPSA) is 98.1 Å². The maximum Gasteiger partial charge on any atom is 0.356 e. The molecule has 0 saturated carbocycles. The molecule has 1 aromatic heterocycles. The smallest absolute Gasteiger partial charge is 0.356 e. The quantitative estimate of drug-likeness (QED) is 0.107. The number of carbonyl (C=O) groups excluding carboxylic acids is 1. The fraction of sp³-hybridized carbons (Fsp3) is 0.538. The predicted octanol–water partition coefficient (Wildman–Crippen LogP) is 6.09. The van der Waals surface area contributed by atoms with Gasteiger partial charge in [-0.15, -0.1) is 0 Å². The fourth-order valence-corrected chi connectivity index (χ4v) is 5.46. The third-order valence-electron chi connectivity index (χ3n) is 4.95. The highest BCUT2D eigenvalue weighted by Crippen LogP contribution is 2.47. The van der Waals surface area contributed by atoms with Crippen molar-refractivity contribution in [3.8, 4) is 17.7 Å². The maximum absolute atomic E-state index is 12.4. The molecule has 0 bridgehead atoms. The van der Waals surface area contributed by atoms with Gasteiger partial charge in [-0.1, -0.05) is 48.9 Å². The first-order valence-corrected chi connectivity index (χ1v) is 14.8. The minimum atomic E-state index is -3.30. The highest BCUT2D eigenvalue weighted by Gasteiger charge is 2.24. The number of hydrogen-bond donors (Lipinski definition) is 0. The van der Waals surface area contributed by atoms with Crippen LogP contribution in [-0.2, 0) is 40.8 Å². The summed E-state index contributed by atoms with van der Waals surface area (Å²) in [5.41, 5.74) is 2.45. The van der Waals surface area contributed by atoms with E-state index in [9.17, 15) is 9.36 Å². The van der Waals surface area contributed by atoms with Gasteiger partial charge in [0.05, 0.1) is 25.5 Å². The molecule has 0 atom stereocenters. The van der Waals surface area contributed by atoms with Gasteiger partial charge in [-0.2, -0.15) is 5.10 Å². The molecular weight excluding hydrogens is 554 g/mol. The predicted molar refractivity (Wildman–Crippen MR) is 147 cm³/mol. The molecule has 0 amide bonds. The number of aromatic nitrogens is 2. The maximum atomic E-state index is 12.4. The molecule has 1 aromatic carbocycles. The number of nitrogens with zero attached hydrogens (tertiary/aromatic N) is 2. The first-order valence-electron chi connectivity index (χ1n) is 12.4. The highest BCUT2D eigenvalue weighted by molar-refractivity contribution is 7.53. The van der Waals surface area contributed by atoms with Crippen molar-refractivity contribution in [3.63, 3.8) is 0 Å². The highest BCUT2D eigenvalue weighted by atomic mass is 35.5. The zero-order valence-corrected chi connectivity index (χ0v) is 24.8. The van der Waals surface area contributed by atoms with Crippen LogP contribution in [0.1, 0.15) is 57.4 Å². The molecule has 210 valence electrons. The van der Waals surface area contributed by atoms with Crippen molar-refractivity contribution in [2.45, 2.75) is 53.5 Å². The molecule has 0 aliphatic rings. The summed E-state index contributed by atoms with van der Waals surface area (Å²) in [6, 6.07) is 5.31. The summed E-state index contributed by atoms with van der Waals surface area (Å²) in [5, 5.41) is 5.69. The number of halogens is 2. The van der Waals surface area contributed by atoms with Crippen molar-refractivity contribution < 1.29 is 32.6 Å². The van der Waals surface area contributed by atoms with Gasteiger partial charge in [0.2, 0.25) is 5.88 Å². The average molecular weight is 589 g/mol. The van der Waals surface area contributed by atoms with E-state index in [-0.39, 0.29) is 51.8 Å². The van der Waals surface area contributed by atoms with E-state index < -0.39 is 13.6 Å². The van der Waals surface area contributed by atoms with Crippen molar-refractivity contribution in [1.29, 1.82) is 0 Å². The van der Waals surface area contributed by atoms with E-state index >= 15 is 0 Å². The molecule has 0 saturated heterocycles. The lowest BCUT2D eigenvalue weighted by Crippen LogP contribution is -2.16. The van der Waals surface area contributed by atoms with E-state index in [4.69, 9.17) is 46.5 Å². The van der Waals surface area contributed by atoms with Gasteiger partial charge in [-0.3, -0.25) is 9.36 Å². The Kier molecular flexibility index (Phi) is 13.7. The SMILES string of the molecule is CCOC(=O)Cn1nc(C(C)C)c(Cc2cc(Cl)cc(Cl)c2)c1OCC#CCOCP(=O)(OCC)OCC. The normalized spacial score (nSPS) is 11.4. The Morgan fingerprint density at radius 3 is 2.24 bits per heavy atom. The lowest BCUT2D eigenvalue weighted by Gasteiger charge is -2.15. The van der Waals surface area contributed by atoms with E-state index in [1.54, 1.807) is 26.8 Å². The molecule has 0 unspecified atom stereocenters. The molecule has 9 nitrogen and oxygen atoms in total. The molecule has 2 aromatic rings. The third kappa shape index (κ3) is 10.3. The molecule has 12 heteroatoms. The average Bonchev–Trinajstić information content (AvgIpc) is 3.15. The summed E-state index contributed by atoms with van der Waals surface area (Å²) < 4.78 is 40.8. The van der Waals surface area contributed by atoms with E-state index in [0.717, 1.165) is 16.8 Å². The Morgan fingerprint density at radius 1 is 1.03 bits per heavy atom. The second-order valence-electron chi connectivity index (χ2n) is 8.31. The number of ether oxygens (including phenoxy) is 3. The molecular formula is C26H35Cl2N2O7P. The molecule has 0 aliphatic carbocycles. The lowest BCUT2D eigenvalue weighted by atomic mass is 9.99. The second-order valence-corrected chi connectivity index (χ2v) is 11.2. The summed E-state index contributed by atoms with van der Waals surface area (Å²) >= 11 is 12.4. The van der Waals surface area contributed by atoms with Gasteiger partial charge in [0, 0.05) is 22.0 Å². The summed E-state index contributed by atoms with van der Waals surface area (Å²) in [7, 11) is -3.30. The minimum Gasteiger partial charge on any atom is -0.465 e. The van der Waals surface area contributed by atoms with Crippen LogP contribution >= 0.6 is 30.8 Å². The Balaban J connectivity index is 2.22. The van der Waals surface area contributed by atoms with Crippen LogP contribution in [0.15, 0.2) is 18.2 Å². The van der Waals surface area contributed by atoms with E-state index in [0.29, 0.717) is 22.3 Å². The van der Waals surface area contributed by atoms with Crippen LogP contribution in [0.2, 0.25) is 10.0 Å². The van der Waals surface area contributed by atoms with Gasteiger partial charge < -0.3 is 23.3 Å². The Morgan fingerprint density at radius 2 is 1.66 bits per heavy atom. The van der Waals surface area contributed by atoms with Crippen molar-refractivity contribution in [2.75, 3.05) is 39.4 Å². The molecule has 0 spiro atoms. The molecule has 1 heterocycles. The number of hydrogen-bond acceptors (Lipinski definition) is 8. The third-order valence-corrected chi connectivity index (χ3v) is 7.18. The Labute approximate surface area is 234 Å². The molecule has 0 fully saturated rings. The van der Waals surface area contributed by atoms with Crippen LogP contribution < -0.4 is 4.74 Å². The minimum absolute atomic E-state index is 0.00724. The zero-order valence-electron chi connectivity index (χ0n) is 22.4. The van der Waals surface area contributed by atoms with Crippen LogP contribution in [-0.4, -0.2) is 55.1 Å². The van der Waals surface area contributed by atoms with Crippen LogP contribution in [0.5, 0.6) is 5.88 Å². The van der Waals surface area contributed by atoms with Crippen molar-refractivity contribution in [3.05, 3.63) is 45.1 Å². The molecule has 0 N–H and O–H groups in total. The van der Waals surface area contributed by atoms with E-state index in [2.05, 4.69) is 16.9 Å². The summed E-state index contributed by atoms with van der Waals surface area (Å²) in [6.45, 7) is 9.89. The lowest BCUT2D eigenvalue weighted by molar-refractivity contribution is -0.144. The van der Waals surface area contributed by atoms with Crippen LogP contribution in [0.3, 0.4) is 0 Å². The fourth-order valence-electron chi connectivity index (χ4n) is 3.57. The largest absolute Gasteiger partial charge is 0.465 e. The Bertz CT molecular complexity index is 1140. The van der Waals surface area contributed by atoms with Crippen molar-refractivity contribution in [1.82, 2.24) is 9.78 Å². The van der Waals surface area contributed by atoms with Gasteiger partial charge in [0.25, 0.3) is 0 Å². The number of benzene rings is 1. The zero-order chi connectivity index (χ0) is 28.1. The van der Waals surface area contributed by atoms with Crippen molar-refractivity contribution in [2.24, 2.45) is 0 Å². The molecule has 38 heavy (non-hydrogen) atoms. The first-order chi connectivity index (χ1) is 18.1. The van der Waals surface area contributed by atoms with Crippen LogP contribution in [0.4, 0.5) is 0 Å². The van der Waals surface area contributed by atoms with Gasteiger partial charge in [0.15, 0.2) is 6.61 Å². The number of esters is 1. The van der Waals surface area contributed by atoms with Gasteiger partial charge in [-0.05, 0) is 50.5 Å². The summed E-state index contributed by atoms with van der Waals surface area (Å²) in [6.07, 6.45) is 0.243.